The van der Waals surface area contributed by atoms with Crippen molar-refractivity contribution in [3.63, 3.8) is 0 Å². The molecule has 4 rings (SSSR count). The monoisotopic (exact) mass is 523 g/mol. The number of carbonyl (C=O) groups excluding carboxylic acids is 1. The van der Waals surface area contributed by atoms with Gasteiger partial charge in [0, 0.05) is 30.9 Å². The first-order valence-electron chi connectivity index (χ1n) is 12.4. The number of hydrogen-bond donors (Lipinski definition) is 3. The van der Waals surface area contributed by atoms with Gasteiger partial charge in [-0.1, -0.05) is 55.7 Å². The van der Waals surface area contributed by atoms with Gasteiger partial charge in [0.25, 0.3) is 0 Å². The summed E-state index contributed by atoms with van der Waals surface area (Å²) >= 11 is 0. The lowest BCUT2D eigenvalue weighted by atomic mass is 10.1. The molecule has 1 aliphatic heterocycles. The van der Waals surface area contributed by atoms with E-state index in [1.807, 2.05) is 19.1 Å². The third-order valence-corrected chi connectivity index (χ3v) is 5.98. The van der Waals surface area contributed by atoms with Gasteiger partial charge in [0.2, 0.25) is 5.66 Å². The van der Waals surface area contributed by atoms with Crippen LogP contribution in [0.1, 0.15) is 43.5 Å². The zero-order valence-electron chi connectivity index (χ0n) is 21.3. The van der Waals surface area contributed by atoms with Gasteiger partial charge in [-0.05, 0) is 36.1 Å². The summed E-state index contributed by atoms with van der Waals surface area (Å²) < 4.78 is 33.8. The van der Waals surface area contributed by atoms with Crippen LogP contribution in [0.15, 0.2) is 72.0 Å². The quantitative estimate of drug-likeness (QED) is 0.199. The molecule has 4 N–H and O–H groups in total. The molecule has 0 saturated heterocycles. The van der Waals surface area contributed by atoms with Crippen molar-refractivity contribution in [2.45, 2.75) is 45.3 Å². The van der Waals surface area contributed by atoms with E-state index < -0.39 is 23.3 Å². The number of hydrazone groups is 1. The van der Waals surface area contributed by atoms with Crippen LogP contribution >= 0.6 is 0 Å². The Bertz CT molecular complexity index is 1270. The third kappa shape index (κ3) is 6.13. The number of carbonyl (C=O) groups is 1. The lowest BCUT2D eigenvalue weighted by molar-refractivity contribution is -0.162. The second kappa shape index (κ2) is 12.1. The van der Waals surface area contributed by atoms with Crippen LogP contribution in [0.3, 0.4) is 0 Å². The Morgan fingerprint density at radius 1 is 1.08 bits per heavy atom. The number of amidine groups is 1. The molecule has 3 aromatic rings. The van der Waals surface area contributed by atoms with Gasteiger partial charge in [-0.15, -0.1) is 5.10 Å². The molecule has 0 amide bonds. The Hall–Kier alpha value is -3.93. The molecule has 9 nitrogen and oxygen atoms in total. The summed E-state index contributed by atoms with van der Waals surface area (Å²) in [5.41, 5.74) is 10.6. The summed E-state index contributed by atoms with van der Waals surface area (Å²) in [5.74, 6) is -2.12. The van der Waals surface area contributed by atoms with Crippen LogP contribution in [-0.4, -0.2) is 34.3 Å². The molecule has 1 aliphatic rings. The summed E-state index contributed by atoms with van der Waals surface area (Å²) in [4.78, 5) is 17.7. The lowest BCUT2D eigenvalue weighted by Crippen LogP contribution is -2.69. The second-order valence-corrected chi connectivity index (χ2v) is 8.85. The maximum atomic E-state index is 14.1. The maximum Gasteiger partial charge on any atom is 0.346 e. The van der Waals surface area contributed by atoms with Crippen LogP contribution in [0.25, 0.3) is 0 Å². The Balaban J connectivity index is 1.55. The fraction of sp³-hybridized carbons (Fsp3) is 0.296. The number of benzene rings is 2. The van der Waals surface area contributed by atoms with E-state index in [9.17, 15) is 13.6 Å². The number of nitrogens with two attached hydrogens (primary N) is 1. The van der Waals surface area contributed by atoms with E-state index in [-0.39, 0.29) is 24.7 Å². The minimum Gasteiger partial charge on any atom is -0.447 e. The number of nitrogens with one attached hydrogen (secondary N) is 2. The van der Waals surface area contributed by atoms with Crippen molar-refractivity contribution in [2.75, 3.05) is 11.8 Å². The van der Waals surface area contributed by atoms with Gasteiger partial charge in [-0.2, -0.15) is 5.12 Å². The Morgan fingerprint density at radius 3 is 2.53 bits per heavy atom. The molecular formula is C27H31F2N7O2. The first kappa shape index (κ1) is 27.1. The molecule has 11 heteroatoms. The van der Waals surface area contributed by atoms with E-state index in [1.165, 1.54) is 10.7 Å². The highest BCUT2D eigenvalue weighted by atomic mass is 19.1. The summed E-state index contributed by atoms with van der Waals surface area (Å²) in [6.45, 7) is 4.35. The van der Waals surface area contributed by atoms with E-state index in [2.05, 4.69) is 39.9 Å². The van der Waals surface area contributed by atoms with Crippen molar-refractivity contribution >= 4 is 17.5 Å². The third-order valence-electron chi connectivity index (χ3n) is 5.98. The van der Waals surface area contributed by atoms with E-state index in [0.717, 1.165) is 35.3 Å². The predicted octanol–water partition coefficient (Wildman–Crippen LogP) is 3.57. The normalized spacial score (nSPS) is 15.1. The second-order valence-electron chi connectivity index (χ2n) is 8.85. The first-order chi connectivity index (χ1) is 18.3. The highest BCUT2D eigenvalue weighted by Crippen LogP contribution is 2.29. The van der Waals surface area contributed by atoms with Crippen molar-refractivity contribution in [3.05, 3.63) is 95.3 Å². The SMILES string of the molecule is CCC[C@@](N)(C(=O)OCNCc1cccc(CC)c1)N1NC(c2ccccn2)=NN1c1cc(F)cc(F)c1. The van der Waals surface area contributed by atoms with E-state index in [0.29, 0.717) is 18.7 Å². The summed E-state index contributed by atoms with van der Waals surface area (Å²) in [6.07, 6.45) is 3.15. The van der Waals surface area contributed by atoms with Crippen LogP contribution in [0.5, 0.6) is 0 Å². The first-order valence-corrected chi connectivity index (χ1v) is 12.4. The van der Waals surface area contributed by atoms with Crippen molar-refractivity contribution in [2.24, 2.45) is 10.8 Å². The van der Waals surface area contributed by atoms with Crippen molar-refractivity contribution in [1.82, 2.24) is 20.8 Å². The summed E-state index contributed by atoms with van der Waals surface area (Å²) in [6, 6.07) is 16.2. The molecule has 2 aromatic carbocycles. The van der Waals surface area contributed by atoms with Crippen LogP contribution in [0, 0.1) is 11.6 Å². The van der Waals surface area contributed by atoms with Gasteiger partial charge in [0.05, 0.1) is 5.69 Å². The molecule has 200 valence electrons. The molecule has 0 spiro atoms. The van der Waals surface area contributed by atoms with Crippen molar-refractivity contribution in [3.8, 4) is 0 Å². The van der Waals surface area contributed by atoms with Gasteiger partial charge < -0.3 is 10.5 Å². The van der Waals surface area contributed by atoms with Crippen molar-refractivity contribution < 1.29 is 18.3 Å². The van der Waals surface area contributed by atoms with Gasteiger partial charge >= 0.3 is 5.97 Å². The molecule has 0 radical (unpaired) electrons. The Morgan fingerprint density at radius 2 is 1.84 bits per heavy atom. The molecule has 0 bridgehead atoms. The van der Waals surface area contributed by atoms with Crippen LogP contribution < -0.4 is 21.6 Å². The number of ether oxygens (including phenoxy) is 1. The zero-order chi connectivity index (χ0) is 27.1. The Kier molecular flexibility index (Phi) is 8.62. The van der Waals surface area contributed by atoms with E-state index in [1.54, 1.807) is 24.4 Å². The van der Waals surface area contributed by atoms with Gasteiger partial charge in [0.1, 0.15) is 24.1 Å². The number of hydrazine groups is 2. The Labute approximate surface area is 220 Å². The predicted molar refractivity (Wildman–Crippen MR) is 140 cm³/mol. The highest BCUT2D eigenvalue weighted by Gasteiger charge is 2.48. The van der Waals surface area contributed by atoms with Gasteiger partial charge in [-0.3, -0.25) is 15.7 Å². The smallest absolute Gasteiger partial charge is 0.346 e. The summed E-state index contributed by atoms with van der Waals surface area (Å²) in [5, 5.41) is 9.91. The average molecular weight is 524 g/mol. The number of pyridine rings is 1. The van der Waals surface area contributed by atoms with Crippen molar-refractivity contribution in [1.29, 1.82) is 0 Å². The number of hydrogen-bond acceptors (Lipinski definition) is 9. The van der Waals surface area contributed by atoms with Crippen LogP contribution in [-0.2, 0) is 22.5 Å². The number of halogens is 2. The lowest BCUT2D eigenvalue weighted by Gasteiger charge is -2.39. The molecule has 0 saturated carbocycles. The number of esters is 1. The fourth-order valence-corrected chi connectivity index (χ4v) is 4.09. The molecule has 38 heavy (non-hydrogen) atoms. The minimum absolute atomic E-state index is 0.0218. The molecule has 1 aromatic heterocycles. The molecule has 1 atom stereocenters. The fourth-order valence-electron chi connectivity index (χ4n) is 4.09. The van der Waals surface area contributed by atoms with Crippen LogP contribution in [0.2, 0.25) is 0 Å². The van der Waals surface area contributed by atoms with Crippen LogP contribution in [0.4, 0.5) is 14.5 Å². The highest BCUT2D eigenvalue weighted by molar-refractivity contribution is 5.99. The van der Waals surface area contributed by atoms with E-state index in [4.69, 9.17) is 10.5 Å². The number of aryl methyl sites for hydroxylation is 1. The number of nitrogens with zero attached hydrogens (tertiary/aromatic N) is 4. The van der Waals surface area contributed by atoms with Gasteiger partial charge in [0.15, 0.2) is 5.84 Å². The number of anilines is 1. The molecule has 0 aliphatic carbocycles. The topological polar surface area (TPSA) is 108 Å². The summed E-state index contributed by atoms with van der Waals surface area (Å²) in [7, 11) is 0. The zero-order valence-corrected chi connectivity index (χ0v) is 21.3. The number of aromatic nitrogens is 1. The minimum atomic E-state index is -1.78. The maximum absolute atomic E-state index is 14.1. The molecular weight excluding hydrogens is 492 g/mol. The average Bonchev–Trinajstić information content (AvgIpc) is 3.38. The number of rotatable bonds is 11. The molecule has 0 unspecified atom stereocenters. The largest absolute Gasteiger partial charge is 0.447 e. The molecule has 0 fully saturated rings. The standard InChI is InChI=1S/C27H31F2N7O2/c1-3-11-27(30,26(37)38-18-31-17-20-9-7-8-19(4-2)13-20)36-34-25(24-10-5-6-12-32-24)33-35(36)23-15-21(28)14-22(29)16-23/h5-10,12-16,31H,3-4,11,17-18,30H2,1-2H3,(H,33,34)/t27-/m0/s1. The molecule has 2 heterocycles. The van der Waals surface area contributed by atoms with Gasteiger partial charge in [-0.25, -0.2) is 13.6 Å². The van der Waals surface area contributed by atoms with E-state index >= 15 is 0 Å².